The molecule has 0 saturated heterocycles. The van der Waals surface area contributed by atoms with Gasteiger partial charge in [-0.2, -0.15) is 0 Å². The van der Waals surface area contributed by atoms with Crippen molar-refractivity contribution < 1.29 is 14.0 Å². The maximum atomic E-state index is 14.2. The van der Waals surface area contributed by atoms with Gasteiger partial charge in [0.15, 0.2) is 5.13 Å². The quantitative estimate of drug-likeness (QED) is 0.836. The minimum Gasteiger partial charge on any atom is -0.322 e. The van der Waals surface area contributed by atoms with Crippen LogP contribution in [0.5, 0.6) is 0 Å². The highest BCUT2D eigenvalue weighted by Gasteiger charge is 2.39. The number of anilines is 1. The summed E-state index contributed by atoms with van der Waals surface area (Å²) in [6.07, 6.45) is 7.93. The van der Waals surface area contributed by atoms with Gasteiger partial charge in [-0.1, -0.05) is 38.2 Å². The lowest BCUT2D eigenvalue weighted by atomic mass is 9.84. The molecule has 4 rings (SSSR count). The Bertz CT molecular complexity index is 834. The van der Waals surface area contributed by atoms with Crippen LogP contribution < -0.4 is 5.32 Å². The van der Waals surface area contributed by atoms with Crippen LogP contribution in [-0.2, 0) is 11.3 Å². The van der Waals surface area contributed by atoms with E-state index >= 15 is 0 Å². The summed E-state index contributed by atoms with van der Waals surface area (Å²) in [5, 5.41) is 5.14. The molecule has 7 heteroatoms. The van der Waals surface area contributed by atoms with Crippen molar-refractivity contribution in [3.63, 3.8) is 0 Å². The number of benzene rings is 1. The lowest BCUT2D eigenvalue weighted by molar-refractivity contribution is -0.121. The lowest BCUT2D eigenvalue weighted by Crippen LogP contribution is -2.45. The number of hydrogen-bond acceptors (Lipinski definition) is 4. The van der Waals surface area contributed by atoms with Crippen molar-refractivity contribution in [1.82, 2.24) is 9.88 Å². The molecule has 1 aliphatic heterocycles. The van der Waals surface area contributed by atoms with Crippen molar-refractivity contribution >= 4 is 28.3 Å². The van der Waals surface area contributed by atoms with Crippen LogP contribution in [0.2, 0.25) is 0 Å². The first-order chi connectivity index (χ1) is 13.1. The van der Waals surface area contributed by atoms with Gasteiger partial charge in [-0.3, -0.25) is 9.59 Å². The molecule has 2 aliphatic rings. The van der Waals surface area contributed by atoms with Crippen LogP contribution >= 0.6 is 11.3 Å². The molecule has 2 aromatic rings. The number of hydrogen-bond donors (Lipinski definition) is 1. The first kappa shape index (κ1) is 18.1. The SMILES string of the molecule is O=C(Nc1nccs1)[C@H](CC1CCCCC1)N1Cc2c(F)cccc2C1=O. The molecule has 1 aliphatic carbocycles. The van der Waals surface area contributed by atoms with Gasteiger partial charge >= 0.3 is 0 Å². The van der Waals surface area contributed by atoms with Gasteiger partial charge < -0.3 is 10.2 Å². The number of aromatic nitrogens is 1. The summed E-state index contributed by atoms with van der Waals surface area (Å²) in [5.41, 5.74) is 0.754. The molecule has 142 valence electrons. The van der Waals surface area contributed by atoms with Crippen molar-refractivity contribution in [2.24, 2.45) is 5.92 Å². The van der Waals surface area contributed by atoms with Crippen LogP contribution in [-0.4, -0.2) is 27.7 Å². The van der Waals surface area contributed by atoms with Gasteiger partial charge in [0.2, 0.25) is 5.91 Å². The predicted octanol–water partition coefficient (Wildman–Crippen LogP) is 4.22. The Morgan fingerprint density at radius 2 is 2.15 bits per heavy atom. The maximum absolute atomic E-state index is 14.2. The third-order valence-corrected chi connectivity index (χ3v) is 6.25. The van der Waals surface area contributed by atoms with Crippen molar-refractivity contribution in [2.45, 2.75) is 51.1 Å². The molecular formula is C20H22FN3O2S. The molecule has 27 heavy (non-hydrogen) atoms. The summed E-state index contributed by atoms with van der Waals surface area (Å²) < 4.78 is 14.2. The van der Waals surface area contributed by atoms with Crippen molar-refractivity contribution in [3.8, 4) is 0 Å². The largest absolute Gasteiger partial charge is 0.322 e. The van der Waals surface area contributed by atoms with Crippen LogP contribution in [0.3, 0.4) is 0 Å². The predicted molar refractivity (Wildman–Crippen MR) is 102 cm³/mol. The highest BCUT2D eigenvalue weighted by Crippen LogP contribution is 2.33. The fraction of sp³-hybridized carbons (Fsp3) is 0.450. The fourth-order valence-corrected chi connectivity index (χ4v) is 4.69. The van der Waals surface area contributed by atoms with E-state index in [1.54, 1.807) is 23.7 Å². The summed E-state index contributed by atoms with van der Waals surface area (Å²) >= 11 is 1.34. The normalized spacial score (nSPS) is 18.4. The zero-order valence-corrected chi connectivity index (χ0v) is 15.8. The van der Waals surface area contributed by atoms with Crippen LogP contribution in [0.25, 0.3) is 0 Å². The van der Waals surface area contributed by atoms with Gasteiger partial charge in [-0.15, -0.1) is 11.3 Å². The van der Waals surface area contributed by atoms with E-state index in [0.717, 1.165) is 25.7 Å². The third kappa shape index (κ3) is 3.74. The van der Waals surface area contributed by atoms with E-state index in [1.165, 1.54) is 28.7 Å². The summed E-state index contributed by atoms with van der Waals surface area (Å²) in [7, 11) is 0. The van der Waals surface area contributed by atoms with Gasteiger partial charge in [0, 0.05) is 22.7 Å². The molecule has 1 saturated carbocycles. The topological polar surface area (TPSA) is 62.3 Å². The van der Waals surface area contributed by atoms with E-state index in [4.69, 9.17) is 0 Å². The Labute approximate surface area is 161 Å². The zero-order valence-electron chi connectivity index (χ0n) is 15.0. The second-order valence-electron chi connectivity index (χ2n) is 7.28. The average Bonchev–Trinajstić information content (AvgIpc) is 3.30. The number of halogens is 1. The molecule has 2 amide bonds. The molecule has 0 spiro atoms. The van der Waals surface area contributed by atoms with E-state index in [-0.39, 0.29) is 24.2 Å². The fourth-order valence-electron chi connectivity index (χ4n) is 4.16. The van der Waals surface area contributed by atoms with E-state index in [1.807, 2.05) is 0 Å². The van der Waals surface area contributed by atoms with Crippen molar-refractivity contribution in [2.75, 3.05) is 5.32 Å². The smallest absolute Gasteiger partial charge is 0.255 e. The standard InChI is InChI=1S/C20H22FN3O2S/c21-16-8-4-7-14-15(16)12-24(19(14)26)17(11-13-5-2-1-3-6-13)18(25)23-20-22-9-10-27-20/h4,7-10,13,17H,1-3,5-6,11-12H2,(H,22,23,25)/t17-/m0/s1. The van der Waals surface area contributed by atoms with E-state index in [2.05, 4.69) is 10.3 Å². The number of amides is 2. The molecule has 0 bridgehead atoms. The third-order valence-electron chi connectivity index (χ3n) is 5.56. The maximum Gasteiger partial charge on any atom is 0.255 e. The number of nitrogens with one attached hydrogen (secondary N) is 1. The minimum absolute atomic E-state index is 0.142. The monoisotopic (exact) mass is 387 g/mol. The Morgan fingerprint density at radius 1 is 1.33 bits per heavy atom. The van der Waals surface area contributed by atoms with Crippen LogP contribution in [0.4, 0.5) is 9.52 Å². The van der Waals surface area contributed by atoms with E-state index in [9.17, 15) is 14.0 Å². The van der Waals surface area contributed by atoms with Crippen LogP contribution in [0.1, 0.15) is 54.4 Å². The molecular weight excluding hydrogens is 365 g/mol. The van der Waals surface area contributed by atoms with Gasteiger partial charge in [0.1, 0.15) is 11.9 Å². The Kier molecular flexibility index (Phi) is 5.20. The molecule has 5 nitrogen and oxygen atoms in total. The highest BCUT2D eigenvalue weighted by atomic mass is 32.1. The lowest BCUT2D eigenvalue weighted by Gasteiger charge is -2.31. The summed E-state index contributed by atoms with van der Waals surface area (Å²) in [6.45, 7) is 0.142. The Hall–Kier alpha value is -2.28. The first-order valence-electron chi connectivity index (χ1n) is 9.42. The van der Waals surface area contributed by atoms with Crippen LogP contribution in [0, 0.1) is 11.7 Å². The van der Waals surface area contributed by atoms with E-state index in [0.29, 0.717) is 28.6 Å². The molecule has 1 N–H and O–H groups in total. The molecule has 1 fully saturated rings. The van der Waals surface area contributed by atoms with Gasteiger partial charge in [-0.05, 0) is 24.5 Å². The summed E-state index contributed by atoms with van der Waals surface area (Å²) in [6, 6.07) is 3.93. The van der Waals surface area contributed by atoms with Gasteiger partial charge in [-0.25, -0.2) is 9.37 Å². The van der Waals surface area contributed by atoms with Crippen molar-refractivity contribution in [1.29, 1.82) is 0 Å². The second-order valence-corrected chi connectivity index (χ2v) is 8.18. The number of carbonyl (C=O) groups excluding carboxylic acids is 2. The highest BCUT2D eigenvalue weighted by molar-refractivity contribution is 7.13. The zero-order chi connectivity index (χ0) is 18.8. The second kappa shape index (κ2) is 7.76. The van der Waals surface area contributed by atoms with E-state index < -0.39 is 6.04 Å². The number of nitrogens with zero attached hydrogens (tertiary/aromatic N) is 2. The molecule has 1 aromatic carbocycles. The van der Waals surface area contributed by atoms with Gasteiger partial charge in [0.05, 0.1) is 6.54 Å². The number of thiazole rings is 1. The Balaban J connectivity index is 1.58. The van der Waals surface area contributed by atoms with Crippen molar-refractivity contribution in [3.05, 3.63) is 46.7 Å². The molecule has 1 atom stereocenters. The molecule has 0 unspecified atom stereocenters. The number of rotatable bonds is 5. The number of fused-ring (bicyclic) bond motifs is 1. The molecule has 0 radical (unpaired) electrons. The summed E-state index contributed by atoms with van der Waals surface area (Å²) in [5.74, 6) is -0.482. The molecule has 1 aromatic heterocycles. The van der Waals surface area contributed by atoms with Gasteiger partial charge in [0.25, 0.3) is 5.91 Å². The summed E-state index contributed by atoms with van der Waals surface area (Å²) in [4.78, 5) is 31.6. The minimum atomic E-state index is -0.615. The Morgan fingerprint density at radius 3 is 2.85 bits per heavy atom. The number of carbonyl (C=O) groups is 2. The first-order valence-corrected chi connectivity index (χ1v) is 10.3. The van der Waals surface area contributed by atoms with Crippen LogP contribution in [0.15, 0.2) is 29.8 Å². The molecule has 2 heterocycles. The average molecular weight is 387 g/mol.